The zero-order chi connectivity index (χ0) is 14.6. The Hall–Kier alpha value is -1.04. The second-order valence-electron chi connectivity index (χ2n) is 5.88. The molecule has 0 spiro atoms. The number of ether oxygens (including phenoxy) is 1. The molecule has 0 saturated heterocycles. The van der Waals surface area contributed by atoms with Crippen LogP contribution in [-0.4, -0.2) is 12.6 Å². The van der Waals surface area contributed by atoms with Gasteiger partial charge in [-0.1, -0.05) is 57.8 Å². The lowest BCUT2D eigenvalue weighted by molar-refractivity contribution is -0.147. The smallest absolute Gasteiger partial charge is 0.323 e. The van der Waals surface area contributed by atoms with Crippen LogP contribution in [0, 0.1) is 23.2 Å². The summed E-state index contributed by atoms with van der Waals surface area (Å²) in [6, 6.07) is 2.19. The van der Waals surface area contributed by atoms with Gasteiger partial charge in [0.15, 0.2) is 0 Å². The third kappa shape index (κ3) is 6.41. The van der Waals surface area contributed by atoms with E-state index < -0.39 is 5.92 Å². The van der Waals surface area contributed by atoms with Gasteiger partial charge in [-0.15, -0.1) is 0 Å². The standard InChI is InChI=1S/C17H29NO2/c1-2-20-17(19)16(14-18)15-12-10-8-6-4-3-5-7-9-11-13-15/h15-16H,2-13H2,1H3. The number of nitriles is 1. The van der Waals surface area contributed by atoms with Crippen LogP contribution in [-0.2, 0) is 9.53 Å². The predicted molar refractivity (Wildman–Crippen MR) is 80.0 cm³/mol. The summed E-state index contributed by atoms with van der Waals surface area (Å²) < 4.78 is 5.06. The van der Waals surface area contributed by atoms with E-state index in [9.17, 15) is 10.1 Å². The molecule has 0 aromatic heterocycles. The van der Waals surface area contributed by atoms with Crippen molar-refractivity contribution in [2.75, 3.05) is 6.61 Å². The van der Waals surface area contributed by atoms with Gasteiger partial charge in [0.25, 0.3) is 0 Å². The van der Waals surface area contributed by atoms with Gasteiger partial charge < -0.3 is 4.74 Å². The average molecular weight is 279 g/mol. The number of hydrogen-bond acceptors (Lipinski definition) is 3. The van der Waals surface area contributed by atoms with Gasteiger partial charge in [-0.05, 0) is 25.7 Å². The van der Waals surface area contributed by atoms with E-state index in [-0.39, 0.29) is 11.9 Å². The summed E-state index contributed by atoms with van der Waals surface area (Å²) in [5, 5.41) is 9.31. The van der Waals surface area contributed by atoms with Gasteiger partial charge in [-0.2, -0.15) is 5.26 Å². The Morgan fingerprint density at radius 2 is 1.50 bits per heavy atom. The molecule has 1 fully saturated rings. The lowest BCUT2D eigenvalue weighted by Crippen LogP contribution is -2.25. The van der Waals surface area contributed by atoms with E-state index >= 15 is 0 Å². The molecule has 1 unspecified atom stereocenters. The summed E-state index contributed by atoms with van der Waals surface area (Å²) in [6.45, 7) is 2.16. The highest BCUT2D eigenvalue weighted by molar-refractivity contribution is 5.75. The first-order chi connectivity index (χ1) is 9.79. The molecular weight excluding hydrogens is 250 g/mol. The minimum Gasteiger partial charge on any atom is -0.465 e. The molecule has 0 radical (unpaired) electrons. The van der Waals surface area contributed by atoms with Gasteiger partial charge in [-0.3, -0.25) is 4.79 Å². The van der Waals surface area contributed by atoms with E-state index in [4.69, 9.17) is 4.74 Å². The van der Waals surface area contributed by atoms with E-state index in [1.165, 1.54) is 44.9 Å². The van der Waals surface area contributed by atoms with Crippen molar-refractivity contribution in [1.82, 2.24) is 0 Å². The zero-order valence-electron chi connectivity index (χ0n) is 12.9. The van der Waals surface area contributed by atoms with Crippen LogP contribution in [0.1, 0.15) is 77.6 Å². The number of carbonyl (C=O) groups excluding carboxylic acids is 1. The molecule has 0 heterocycles. The van der Waals surface area contributed by atoms with E-state index in [0.717, 1.165) is 25.7 Å². The lowest BCUT2D eigenvalue weighted by Gasteiger charge is -2.21. The summed E-state index contributed by atoms with van der Waals surface area (Å²) in [4.78, 5) is 11.9. The minimum atomic E-state index is -0.558. The molecule has 1 rings (SSSR count). The molecule has 1 atom stereocenters. The van der Waals surface area contributed by atoms with Crippen molar-refractivity contribution in [1.29, 1.82) is 5.26 Å². The first kappa shape index (κ1) is 17.0. The van der Waals surface area contributed by atoms with Crippen LogP contribution in [0.5, 0.6) is 0 Å². The minimum absolute atomic E-state index is 0.193. The molecular formula is C17H29NO2. The maximum Gasteiger partial charge on any atom is 0.323 e. The van der Waals surface area contributed by atoms with Crippen LogP contribution in [0.15, 0.2) is 0 Å². The predicted octanol–water partition coefficient (Wildman–Crippen LogP) is 4.61. The van der Waals surface area contributed by atoms with Crippen molar-refractivity contribution in [3.05, 3.63) is 0 Å². The van der Waals surface area contributed by atoms with Crippen LogP contribution in [0.2, 0.25) is 0 Å². The molecule has 0 aromatic rings. The van der Waals surface area contributed by atoms with Crippen molar-refractivity contribution in [2.24, 2.45) is 11.8 Å². The number of rotatable bonds is 3. The molecule has 0 aromatic carbocycles. The van der Waals surface area contributed by atoms with E-state index in [1.807, 2.05) is 0 Å². The van der Waals surface area contributed by atoms with E-state index in [1.54, 1.807) is 6.92 Å². The van der Waals surface area contributed by atoms with Gasteiger partial charge in [0.05, 0.1) is 12.7 Å². The van der Waals surface area contributed by atoms with Gasteiger partial charge in [0, 0.05) is 0 Å². The fourth-order valence-electron chi connectivity index (χ4n) is 3.11. The van der Waals surface area contributed by atoms with Crippen molar-refractivity contribution < 1.29 is 9.53 Å². The first-order valence-electron chi connectivity index (χ1n) is 8.35. The van der Waals surface area contributed by atoms with Crippen molar-refractivity contribution >= 4 is 5.97 Å². The largest absolute Gasteiger partial charge is 0.465 e. The van der Waals surface area contributed by atoms with Crippen molar-refractivity contribution in [3.63, 3.8) is 0 Å². The van der Waals surface area contributed by atoms with Crippen molar-refractivity contribution in [3.8, 4) is 6.07 Å². The second-order valence-corrected chi connectivity index (χ2v) is 5.88. The van der Waals surface area contributed by atoms with Gasteiger partial charge in [-0.25, -0.2) is 0 Å². The van der Waals surface area contributed by atoms with Crippen LogP contribution < -0.4 is 0 Å². The molecule has 0 bridgehead atoms. The summed E-state index contributed by atoms with van der Waals surface area (Å²) in [6.07, 6.45) is 13.4. The van der Waals surface area contributed by atoms with Crippen molar-refractivity contribution in [2.45, 2.75) is 77.6 Å². The Kier molecular flexibility index (Phi) is 9.11. The number of hydrogen-bond donors (Lipinski definition) is 0. The number of carbonyl (C=O) groups is 1. The molecule has 3 heteroatoms. The zero-order valence-corrected chi connectivity index (χ0v) is 12.9. The third-order valence-electron chi connectivity index (χ3n) is 4.30. The molecule has 1 aliphatic rings. The summed E-state index contributed by atoms with van der Waals surface area (Å²) in [7, 11) is 0. The normalized spacial score (nSPS) is 21.0. The topological polar surface area (TPSA) is 50.1 Å². The van der Waals surface area contributed by atoms with Crippen LogP contribution in [0.3, 0.4) is 0 Å². The summed E-state index contributed by atoms with van der Waals surface area (Å²) >= 11 is 0. The first-order valence-corrected chi connectivity index (χ1v) is 8.35. The summed E-state index contributed by atoms with van der Waals surface area (Å²) in [5.41, 5.74) is 0. The number of nitrogens with zero attached hydrogens (tertiary/aromatic N) is 1. The average Bonchev–Trinajstić information content (AvgIpc) is 2.42. The summed E-state index contributed by atoms with van der Waals surface area (Å²) in [5.74, 6) is -0.677. The third-order valence-corrected chi connectivity index (χ3v) is 4.30. The fraction of sp³-hybridized carbons (Fsp3) is 0.882. The fourth-order valence-corrected chi connectivity index (χ4v) is 3.11. The molecule has 114 valence electrons. The van der Waals surface area contributed by atoms with Crippen LogP contribution in [0.25, 0.3) is 0 Å². The molecule has 20 heavy (non-hydrogen) atoms. The molecule has 1 saturated carbocycles. The monoisotopic (exact) mass is 279 g/mol. The molecule has 0 N–H and O–H groups in total. The van der Waals surface area contributed by atoms with Gasteiger partial charge in [0.1, 0.15) is 5.92 Å². The maximum atomic E-state index is 11.9. The Labute approximate surface area is 123 Å². The van der Waals surface area contributed by atoms with E-state index in [2.05, 4.69) is 6.07 Å². The molecule has 0 amide bonds. The highest BCUT2D eigenvalue weighted by atomic mass is 16.5. The molecule has 0 aliphatic heterocycles. The lowest BCUT2D eigenvalue weighted by atomic mass is 9.84. The molecule has 1 aliphatic carbocycles. The van der Waals surface area contributed by atoms with Gasteiger partial charge in [0.2, 0.25) is 0 Å². The number of esters is 1. The van der Waals surface area contributed by atoms with E-state index in [0.29, 0.717) is 6.61 Å². The van der Waals surface area contributed by atoms with Crippen LogP contribution >= 0.6 is 0 Å². The highest BCUT2D eigenvalue weighted by Crippen LogP contribution is 2.27. The quantitative estimate of drug-likeness (QED) is 0.709. The SMILES string of the molecule is CCOC(=O)C(C#N)C1CCCCCCCCCCC1. The Morgan fingerprint density at radius 1 is 1.05 bits per heavy atom. The molecule has 3 nitrogen and oxygen atoms in total. The second kappa shape index (κ2) is 10.7. The Balaban J connectivity index is 2.55. The highest BCUT2D eigenvalue weighted by Gasteiger charge is 2.28. The Bertz CT molecular complexity index is 297. The maximum absolute atomic E-state index is 11.9. The van der Waals surface area contributed by atoms with Crippen LogP contribution in [0.4, 0.5) is 0 Å². The Morgan fingerprint density at radius 3 is 1.90 bits per heavy atom. The van der Waals surface area contributed by atoms with Gasteiger partial charge >= 0.3 is 5.97 Å².